The normalized spacial score (nSPS) is 16.4. The number of hydrogen-bond acceptors (Lipinski definition) is 2. The van der Waals surface area contributed by atoms with Crippen molar-refractivity contribution in [1.29, 1.82) is 0 Å². The highest BCUT2D eigenvalue weighted by Crippen LogP contribution is 2.04. The minimum atomic E-state index is 0.560. The van der Waals surface area contributed by atoms with Gasteiger partial charge in [0.05, 0.1) is 6.61 Å². The summed E-state index contributed by atoms with van der Waals surface area (Å²) in [7, 11) is 1.72. The van der Waals surface area contributed by atoms with E-state index in [1.165, 1.54) is 0 Å². The largest absolute Gasteiger partial charge is 0.383 e. The van der Waals surface area contributed by atoms with Gasteiger partial charge in [0.2, 0.25) is 0 Å². The van der Waals surface area contributed by atoms with Crippen molar-refractivity contribution in [2.45, 2.75) is 19.9 Å². The maximum absolute atomic E-state index is 4.93. The van der Waals surface area contributed by atoms with Gasteiger partial charge in [-0.1, -0.05) is 22.9 Å². The van der Waals surface area contributed by atoms with Crippen LogP contribution in [0.3, 0.4) is 0 Å². The molecule has 0 aromatic rings. The Bertz CT molecular complexity index is 90.2. The third-order valence-corrected chi connectivity index (χ3v) is 2.89. The van der Waals surface area contributed by atoms with E-state index in [1.807, 2.05) is 0 Å². The fourth-order valence-electron chi connectivity index (χ4n) is 0.723. The Morgan fingerprint density at radius 3 is 2.55 bits per heavy atom. The van der Waals surface area contributed by atoms with E-state index >= 15 is 0 Å². The molecular formula is C8H18BrNO. The molecule has 0 heterocycles. The summed E-state index contributed by atoms with van der Waals surface area (Å²) in [6.45, 7) is 6.15. The number of alkyl halides is 1. The average molecular weight is 224 g/mol. The molecule has 0 aromatic carbocycles. The van der Waals surface area contributed by atoms with E-state index in [1.54, 1.807) is 7.11 Å². The highest BCUT2D eigenvalue weighted by molar-refractivity contribution is 9.09. The lowest BCUT2D eigenvalue weighted by atomic mass is 10.1. The first-order chi connectivity index (χ1) is 5.22. The van der Waals surface area contributed by atoms with E-state index in [-0.39, 0.29) is 0 Å². The van der Waals surface area contributed by atoms with Gasteiger partial charge in [-0.15, -0.1) is 0 Å². The van der Waals surface area contributed by atoms with Gasteiger partial charge in [0.15, 0.2) is 0 Å². The van der Waals surface area contributed by atoms with Gasteiger partial charge in [-0.2, -0.15) is 0 Å². The van der Waals surface area contributed by atoms with Crippen LogP contribution in [0, 0.1) is 5.92 Å². The molecule has 3 heteroatoms. The first-order valence-corrected chi connectivity index (χ1v) is 5.12. The Balaban J connectivity index is 3.28. The summed E-state index contributed by atoms with van der Waals surface area (Å²) in [4.78, 5) is 0. The maximum Gasteiger partial charge on any atom is 0.0587 e. The second-order valence-corrected chi connectivity index (χ2v) is 3.51. The first kappa shape index (κ1) is 11.4. The van der Waals surface area contributed by atoms with Crippen LogP contribution in [0.2, 0.25) is 0 Å². The van der Waals surface area contributed by atoms with Gasteiger partial charge in [0.1, 0.15) is 0 Å². The van der Waals surface area contributed by atoms with E-state index in [2.05, 4.69) is 35.1 Å². The van der Waals surface area contributed by atoms with Crippen LogP contribution < -0.4 is 5.32 Å². The summed E-state index contributed by atoms with van der Waals surface area (Å²) < 4.78 is 4.93. The van der Waals surface area contributed by atoms with Crippen molar-refractivity contribution in [2.24, 2.45) is 5.92 Å². The highest BCUT2D eigenvalue weighted by atomic mass is 79.9. The molecule has 0 radical (unpaired) electrons. The van der Waals surface area contributed by atoms with Gasteiger partial charge < -0.3 is 10.1 Å². The second-order valence-electron chi connectivity index (χ2n) is 2.87. The molecule has 0 aliphatic carbocycles. The summed E-state index contributed by atoms with van der Waals surface area (Å²) in [6.07, 6.45) is 0. The van der Waals surface area contributed by atoms with Crippen LogP contribution in [0.5, 0.6) is 0 Å². The molecule has 2 nitrogen and oxygen atoms in total. The molecule has 11 heavy (non-hydrogen) atoms. The van der Waals surface area contributed by atoms with E-state index in [4.69, 9.17) is 4.74 Å². The molecule has 2 unspecified atom stereocenters. The van der Waals surface area contributed by atoms with Crippen LogP contribution in [0.1, 0.15) is 13.8 Å². The molecule has 0 rings (SSSR count). The van der Waals surface area contributed by atoms with Gasteiger partial charge in [0.25, 0.3) is 0 Å². The molecule has 0 amide bonds. The lowest BCUT2D eigenvalue weighted by molar-refractivity contribution is 0.193. The van der Waals surface area contributed by atoms with Crippen LogP contribution in [0.4, 0.5) is 0 Å². The molecule has 0 spiro atoms. The van der Waals surface area contributed by atoms with Crippen LogP contribution >= 0.6 is 15.9 Å². The van der Waals surface area contributed by atoms with Crippen molar-refractivity contribution in [2.75, 3.05) is 25.6 Å². The molecule has 2 atom stereocenters. The predicted octanol–water partition coefficient (Wildman–Crippen LogP) is 1.64. The second kappa shape index (κ2) is 7.07. The van der Waals surface area contributed by atoms with Crippen LogP contribution in [-0.4, -0.2) is 31.6 Å². The van der Waals surface area contributed by atoms with Crippen LogP contribution in [0.15, 0.2) is 0 Å². The van der Waals surface area contributed by atoms with Gasteiger partial charge in [-0.3, -0.25) is 0 Å². The van der Waals surface area contributed by atoms with Crippen molar-refractivity contribution in [3.05, 3.63) is 0 Å². The molecule has 0 fully saturated rings. The lowest BCUT2D eigenvalue weighted by Gasteiger charge is -2.18. The number of ether oxygens (including phenoxy) is 1. The third-order valence-electron chi connectivity index (χ3n) is 1.87. The predicted molar refractivity (Wildman–Crippen MR) is 52.3 cm³/mol. The number of hydrogen-bond donors (Lipinski definition) is 1. The molecule has 0 aliphatic heterocycles. The lowest BCUT2D eigenvalue weighted by Crippen LogP contribution is -2.35. The average Bonchev–Trinajstić information content (AvgIpc) is 2.03. The molecule has 0 saturated carbocycles. The summed E-state index contributed by atoms with van der Waals surface area (Å²) in [5, 5.41) is 4.43. The van der Waals surface area contributed by atoms with Gasteiger partial charge in [-0.05, 0) is 12.8 Å². The van der Waals surface area contributed by atoms with E-state index in [0.29, 0.717) is 12.0 Å². The zero-order chi connectivity index (χ0) is 8.69. The van der Waals surface area contributed by atoms with Crippen molar-refractivity contribution in [3.8, 4) is 0 Å². The summed E-state index contributed by atoms with van der Waals surface area (Å²) in [5.74, 6) is 0.673. The summed E-state index contributed by atoms with van der Waals surface area (Å²) in [6, 6.07) is 0.560. The zero-order valence-electron chi connectivity index (χ0n) is 7.56. The van der Waals surface area contributed by atoms with Crippen molar-refractivity contribution in [1.82, 2.24) is 5.32 Å². The van der Waals surface area contributed by atoms with Crippen LogP contribution in [0.25, 0.3) is 0 Å². The molecule has 0 saturated heterocycles. The molecule has 0 aliphatic rings. The fraction of sp³-hybridized carbons (Fsp3) is 1.00. The Labute approximate surface area is 77.8 Å². The van der Waals surface area contributed by atoms with Crippen molar-refractivity contribution < 1.29 is 4.74 Å². The van der Waals surface area contributed by atoms with Crippen molar-refractivity contribution in [3.63, 3.8) is 0 Å². The zero-order valence-corrected chi connectivity index (χ0v) is 9.15. The Morgan fingerprint density at radius 2 is 2.09 bits per heavy atom. The highest BCUT2D eigenvalue weighted by Gasteiger charge is 2.08. The van der Waals surface area contributed by atoms with Crippen molar-refractivity contribution >= 4 is 15.9 Å². The topological polar surface area (TPSA) is 21.3 Å². The maximum atomic E-state index is 4.93. The van der Waals surface area contributed by atoms with Gasteiger partial charge >= 0.3 is 0 Å². The molecule has 68 valence electrons. The van der Waals surface area contributed by atoms with Gasteiger partial charge in [-0.25, -0.2) is 0 Å². The summed E-state index contributed by atoms with van der Waals surface area (Å²) in [5.41, 5.74) is 0. The van der Waals surface area contributed by atoms with E-state index in [0.717, 1.165) is 18.5 Å². The summed E-state index contributed by atoms with van der Waals surface area (Å²) >= 11 is 3.45. The molecule has 0 bridgehead atoms. The number of halogens is 1. The SMILES string of the molecule is COCCNC(C)C(C)CBr. The molecule has 1 N–H and O–H groups in total. The molecular weight excluding hydrogens is 206 g/mol. The Morgan fingerprint density at radius 1 is 1.45 bits per heavy atom. The minimum absolute atomic E-state index is 0.560. The number of methoxy groups -OCH3 is 1. The van der Waals surface area contributed by atoms with E-state index < -0.39 is 0 Å². The van der Waals surface area contributed by atoms with Crippen LogP contribution in [-0.2, 0) is 4.74 Å². The smallest absolute Gasteiger partial charge is 0.0587 e. The number of nitrogens with one attached hydrogen (secondary N) is 1. The van der Waals surface area contributed by atoms with E-state index in [9.17, 15) is 0 Å². The Kier molecular flexibility index (Phi) is 7.33. The third kappa shape index (κ3) is 5.65. The quantitative estimate of drug-likeness (QED) is 0.547. The standard InChI is InChI=1S/C8H18BrNO/c1-7(6-9)8(2)10-4-5-11-3/h7-8,10H,4-6H2,1-3H3. The molecule has 0 aromatic heterocycles. The fourth-order valence-corrected chi connectivity index (χ4v) is 1.28. The minimum Gasteiger partial charge on any atom is -0.383 e. The Hall–Kier alpha value is 0.400. The first-order valence-electron chi connectivity index (χ1n) is 4.00. The number of rotatable bonds is 6. The monoisotopic (exact) mass is 223 g/mol. The van der Waals surface area contributed by atoms with Gasteiger partial charge in [0, 0.05) is 25.0 Å².